The lowest BCUT2D eigenvalue weighted by Gasteiger charge is -2.21. The van der Waals surface area contributed by atoms with Crippen molar-refractivity contribution in [2.75, 3.05) is 23.3 Å². The highest BCUT2D eigenvalue weighted by Gasteiger charge is 2.22. The minimum absolute atomic E-state index is 0.259. The first kappa shape index (κ1) is 16.8. The fraction of sp³-hybridized carbons (Fsp3) is 0.263. The van der Waals surface area contributed by atoms with Gasteiger partial charge in [0.15, 0.2) is 0 Å². The van der Waals surface area contributed by atoms with E-state index in [0.29, 0.717) is 22.6 Å². The van der Waals surface area contributed by atoms with Gasteiger partial charge in [-0.25, -0.2) is 0 Å². The first-order chi connectivity index (χ1) is 12.1. The SMILES string of the molecule is CCN(CC)c1ccc(NC(=O)c2c(-c3ccoc3)noc2C)cc1. The third-order valence-corrected chi connectivity index (χ3v) is 4.14. The van der Waals surface area contributed by atoms with E-state index >= 15 is 0 Å². The number of nitrogens with zero attached hydrogens (tertiary/aromatic N) is 2. The first-order valence-electron chi connectivity index (χ1n) is 8.29. The van der Waals surface area contributed by atoms with Crippen molar-refractivity contribution < 1.29 is 13.7 Å². The molecule has 0 unspecified atom stereocenters. The maximum absolute atomic E-state index is 12.7. The van der Waals surface area contributed by atoms with Gasteiger partial charge in [-0.1, -0.05) is 5.16 Å². The standard InChI is InChI=1S/C19H21N3O3/c1-4-22(5-2)16-8-6-15(7-9-16)20-19(23)17-13(3)25-21-18(17)14-10-11-24-12-14/h6-12H,4-5H2,1-3H3,(H,20,23). The molecule has 0 saturated heterocycles. The third-order valence-electron chi connectivity index (χ3n) is 4.14. The summed E-state index contributed by atoms with van der Waals surface area (Å²) in [5.41, 5.74) is 3.44. The number of carbonyl (C=O) groups is 1. The molecular weight excluding hydrogens is 318 g/mol. The van der Waals surface area contributed by atoms with E-state index in [1.54, 1.807) is 13.0 Å². The number of amides is 1. The third kappa shape index (κ3) is 3.42. The Hall–Kier alpha value is -3.02. The van der Waals surface area contributed by atoms with Gasteiger partial charge in [0.1, 0.15) is 17.0 Å². The Morgan fingerprint density at radius 1 is 1.16 bits per heavy atom. The van der Waals surface area contributed by atoms with Gasteiger partial charge in [-0.3, -0.25) is 4.79 Å². The number of anilines is 2. The molecule has 0 atom stereocenters. The summed E-state index contributed by atoms with van der Waals surface area (Å²) in [7, 11) is 0. The van der Waals surface area contributed by atoms with Crippen LogP contribution < -0.4 is 10.2 Å². The largest absolute Gasteiger partial charge is 0.472 e. The highest BCUT2D eigenvalue weighted by molar-refractivity contribution is 6.08. The molecule has 0 aliphatic heterocycles. The second kappa shape index (κ2) is 7.25. The maximum Gasteiger partial charge on any atom is 0.261 e. The molecule has 0 radical (unpaired) electrons. The molecule has 25 heavy (non-hydrogen) atoms. The van der Waals surface area contributed by atoms with Crippen LogP contribution in [0.5, 0.6) is 0 Å². The number of furan rings is 1. The van der Waals surface area contributed by atoms with Crippen molar-refractivity contribution in [2.24, 2.45) is 0 Å². The average molecular weight is 339 g/mol. The number of benzene rings is 1. The van der Waals surface area contributed by atoms with Crippen molar-refractivity contribution >= 4 is 17.3 Å². The maximum atomic E-state index is 12.7. The van der Waals surface area contributed by atoms with E-state index in [4.69, 9.17) is 8.94 Å². The predicted octanol–water partition coefficient (Wildman–Crippen LogP) is 4.34. The summed E-state index contributed by atoms with van der Waals surface area (Å²) in [6.07, 6.45) is 3.07. The van der Waals surface area contributed by atoms with Crippen LogP contribution in [0.4, 0.5) is 11.4 Å². The average Bonchev–Trinajstić information content (AvgIpc) is 3.26. The van der Waals surface area contributed by atoms with Crippen LogP contribution >= 0.6 is 0 Å². The zero-order chi connectivity index (χ0) is 17.8. The summed E-state index contributed by atoms with van der Waals surface area (Å²) in [5, 5.41) is 6.88. The van der Waals surface area contributed by atoms with Crippen molar-refractivity contribution in [1.82, 2.24) is 5.16 Å². The Morgan fingerprint density at radius 2 is 1.88 bits per heavy atom. The summed E-state index contributed by atoms with van der Waals surface area (Å²) < 4.78 is 10.3. The number of hydrogen-bond acceptors (Lipinski definition) is 5. The van der Waals surface area contributed by atoms with Gasteiger partial charge in [0.05, 0.1) is 12.5 Å². The predicted molar refractivity (Wildman–Crippen MR) is 96.9 cm³/mol. The highest BCUT2D eigenvalue weighted by atomic mass is 16.5. The molecule has 0 aliphatic rings. The Kier molecular flexibility index (Phi) is 4.88. The second-order valence-electron chi connectivity index (χ2n) is 5.65. The molecule has 0 spiro atoms. The molecule has 1 aromatic carbocycles. The van der Waals surface area contributed by atoms with E-state index in [1.165, 1.54) is 12.5 Å². The Balaban J connectivity index is 1.80. The van der Waals surface area contributed by atoms with Crippen LogP contribution in [0.2, 0.25) is 0 Å². The van der Waals surface area contributed by atoms with Crippen LogP contribution in [0, 0.1) is 6.92 Å². The van der Waals surface area contributed by atoms with Gasteiger partial charge in [-0.2, -0.15) is 0 Å². The smallest absolute Gasteiger partial charge is 0.261 e. The van der Waals surface area contributed by atoms with E-state index in [0.717, 1.165) is 24.5 Å². The number of hydrogen-bond donors (Lipinski definition) is 1. The lowest BCUT2D eigenvalue weighted by atomic mass is 10.1. The number of rotatable bonds is 6. The minimum atomic E-state index is -0.259. The van der Waals surface area contributed by atoms with Crippen LogP contribution in [-0.4, -0.2) is 24.2 Å². The van der Waals surface area contributed by atoms with E-state index in [2.05, 4.69) is 29.2 Å². The fourth-order valence-corrected chi connectivity index (χ4v) is 2.77. The van der Waals surface area contributed by atoms with E-state index in [1.807, 2.05) is 24.3 Å². The molecule has 0 saturated carbocycles. The van der Waals surface area contributed by atoms with E-state index in [9.17, 15) is 4.79 Å². The molecule has 130 valence electrons. The van der Waals surface area contributed by atoms with Crippen molar-refractivity contribution in [2.45, 2.75) is 20.8 Å². The lowest BCUT2D eigenvalue weighted by Crippen LogP contribution is -2.21. The highest BCUT2D eigenvalue weighted by Crippen LogP contribution is 2.27. The molecular formula is C19H21N3O3. The molecule has 2 aromatic heterocycles. The zero-order valence-corrected chi connectivity index (χ0v) is 14.6. The molecule has 0 bridgehead atoms. The topological polar surface area (TPSA) is 71.5 Å². The molecule has 0 aliphatic carbocycles. The summed E-state index contributed by atoms with van der Waals surface area (Å²) >= 11 is 0. The van der Waals surface area contributed by atoms with Gasteiger partial charge in [0.2, 0.25) is 0 Å². The van der Waals surface area contributed by atoms with Crippen molar-refractivity contribution in [1.29, 1.82) is 0 Å². The van der Waals surface area contributed by atoms with Gasteiger partial charge in [0, 0.05) is 30.0 Å². The molecule has 3 rings (SSSR count). The van der Waals surface area contributed by atoms with Crippen molar-refractivity contribution in [3.63, 3.8) is 0 Å². The first-order valence-corrected chi connectivity index (χ1v) is 8.29. The zero-order valence-electron chi connectivity index (χ0n) is 14.6. The number of nitrogens with one attached hydrogen (secondary N) is 1. The summed E-state index contributed by atoms with van der Waals surface area (Å²) in [4.78, 5) is 14.9. The Labute approximate surface area is 146 Å². The molecule has 3 aromatic rings. The lowest BCUT2D eigenvalue weighted by molar-refractivity contribution is 0.102. The fourth-order valence-electron chi connectivity index (χ4n) is 2.77. The molecule has 1 N–H and O–H groups in total. The quantitative estimate of drug-likeness (QED) is 0.723. The second-order valence-corrected chi connectivity index (χ2v) is 5.65. The van der Waals surface area contributed by atoms with Crippen LogP contribution in [-0.2, 0) is 0 Å². The van der Waals surface area contributed by atoms with Crippen LogP contribution in [0.1, 0.15) is 30.0 Å². The Bertz CT molecular complexity index is 831. The van der Waals surface area contributed by atoms with Crippen LogP contribution in [0.25, 0.3) is 11.3 Å². The Morgan fingerprint density at radius 3 is 2.48 bits per heavy atom. The van der Waals surface area contributed by atoms with Gasteiger partial charge >= 0.3 is 0 Å². The molecule has 1 amide bonds. The monoisotopic (exact) mass is 339 g/mol. The van der Waals surface area contributed by atoms with Gasteiger partial charge < -0.3 is 19.2 Å². The molecule has 2 heterocycles. The normalized spacial score (nSPS) is 10.7. The van der Waals surface area contributed by atoms with Crippen LogP contribution in [0.15, 0.2) is 51.8 Å². The molecule has 6 nitrogen and oxygen atoms in total. The van der Waals surface area contributed by atoms with Crippen molar-refractivity contribution in [3.8, 4) is 11.3 Å². The van der Waals surface area contributed by atoms with Crippen LogP contribution in [0.3, 0.4) is 0 Å². The molecule has 6 heteroatoms. The van der Waals surface area contributed by atoms with Gasteiger partial charge in [-0.15, -0.1) is 0 Å². The number of aromatic nitrogens is 1. The minimum Gasteiger partial charge on any atom is -0.472 e. The summed E-state index contributed by atoms with van der Waals surface area (Å²) in [6, 6.07) is 9.53. The van der Waals surface area contributed by atoms with Gasteiger partial charge in [0.25, 0.3) is 5.91 Å². The number of carbonyl (C=O) groups excluding carboxylic acids is 1. The van der Waals surface area contributed by atoms with Crippen molar-refractivity contribution in [3.05, 3.63) is 54.2 Å². The number of aryl methyl sites for hydroxylation is 1. The summed E-state index contributed by atoms with van der Waals surface area (Å²) in [6.45, 7) is 7.83. The van der Waals surface area contributed by atoms with Gasteiger partial charge in [-0.05, 0) is 51.1 Å². The summed E-state index contributed by atoms with van der Waals surface area (Å²) in [5.74, 6) is 0.207. The molecule has 0 fully saturated rings. The van der Waals surface area contributed by atoms with E-state index < -0.39 is 0 Å². The van der Waals surface area contributed by atoms with E-state index in [-0.39, 0.29) is 5.91 Å².